The molecular formula is C15H17N3O5. The topological polar surface area (TPSA) is 104 Å². The quantitative estimate of drug-likeness (QED) is 0.490. The lowest BCUT2D eigenvalue weighted by Gasteiger charge is -2.33. The van der Waals surface area contributed by atoms with Crippen LogP contribution in [0.4, 0.5) is 5.69 Å². The van der Waals surface area contributed by atoms with E-state index in [4.69, 9.17) is 5.11 Å². The molecule has 2 rings (SSSR count). The second-order valence-corrected chi connectivity index (χ2v) is 5.18. The van der Waals surface area contributed by atoms with Crippen LogP contribution in [0.25, 0.3) is 6.08 Å². The zero-order chi connectivity index (χ0) is 16.8. The number of hydrogen-bond donors (Lipinski definition) is 1. The van der Waals surface area contributed by atoms with Gasteiger partial charge in [0.1, 0.15) is 0 Å². The highest BCUT2D eigenvalue weighted by Gasteiger charge is 2.20. The van der Waals surface area contributed by atoms with E-state index in [1.54, 1.807) is 28.0 Å². The van der Waals surface area contributed by atoms with Gasteiger partial charge in [0.15, 0.2) is 0 Å². The van der Waals surface area contributed by atoms with Crippen LogP contribution in [0.3, 0.4) is 0 Å². The first-order valence-corrected chi connectivity index (χ1v) is 7.11. The summed E-state index contributed by atoms with van der Waals surface area (Å²) in [6.45, 7) is 1.94. The predicted octanol–water partition coefficient (Wildman–Crippen LogP) is 0.837. The molecule has 1 N–H and O–H groups in total. The van der Waals surface area contributed by atoms with E-state index in [-0.39, 0.29) is 18.1 Å². The number of rotatable bonds is 5. The summed E-state index contributed by atoms with van der Waals surface area (Å²) in [5.74, 6) is -1.07. The smallest absolute Gasteiger partial charge is 0.317 e. The summed E-state index contributed by atoms with van der Waals surface area (Å²) in [5, 5.41) is 19.4. The minimum atomic E-state index is -0.879. The molecule has 0 aromatic heterocycles. The summed E-state index contributed by atoms with van der Waals surface area (Å²) < 4.78 is 0. The number of aliphatic carboxylic acids is 1. The van der Waals surface area contributed by atoms with Crippen molar-refractivity contribution in [2.45, 2.75) is 0 Å². The molecule has 23 heavy (non-hydrogen) atoms. The van der Waals surface area contributed by atoms with E-state index in [2.05, 4.69) is 0 Å². The number of hydrogen-bond acceptors (Lipinski definition) is 5. The average Bonchev–Trinajstić information content (AvgIpc) is 2.53. The zero-order valence-electron chi connectivity index (χ0n) is 12.4. The molecule has 0 atom stereocenters. The number of carbonyl (C=O) groups excluding carboxylic acids is 1. The maximum atomic E-state index is 12.1. The van der Waals surface area contributed by atoms with E-state index >= 15 is 0 Å². The highest BCUT2D eigenvalue weighted by molar-refractivity contribution is 5.92. The molecule has 0 aliphatic carbocycles. The lowest BCUT2D eigenvalue weighted by molar-refractivity contribution is -0.384. The Balaban J connectivity index is 1.91. The first-order chi connectivity index (χ1) is 11.0. The molecule has 0 bridgehead atoms. The molecule has 1 aliphatic heterocycles. The van der Waals surface area contributed by atoms with E-state index < -0.39 is 10.9 Å². The minimum absolute atomic E-state index is 0.0223. The Morgan fingerprint density at radius 2 is 1.96 bits per heavy atom. The van der Waals surface area contributed by atoms with Crippen molar-refractivity contribution in [2.24, 2.45) is 0 Å². The Hall–Kier alpha value is -2.74. The number of carboxylic acid groups (broad SMARTS) is 1. The third-order valence-electron chi connectivity index (χ3n) is 3.54. The summed E-state index contributed by atoms with van der Waals surface area (Å²) in [4.78, 5) is 36.4. The molecule has 0 saturated carbocycles. The maximum Gasteiger partial charge on any atom is 0.317 e. The monoisotopic (exact) mass is 319 g/mol. The van der Waals surface area contributed by atoms with Gasteiger partial charge in [-0.25, -0.2) is 0 Å². The molecule has 1 heterocycles. The molecule has 1 amide bonds. The average molecular weight is 319 g/mol. The molecule has 1 aliphatic rings. The molecule has 1 fully saturated rings. The van der Waals surface area contributed by atoms with E-state index in [1.807, 2.05) is 0 Å². The molecule has 0 radical (unpaired) electrons. The Kier molecular flexibility index (Phi) is 5.42. The first-order valence-electron chi connectivity index (χ1n) is 7.11. The number of piperazine rings is 1. The summed E-state index contributed by atoms with van der Waals surface area (Å²) in [6, 6.07) is 6.03. The van der Waals surface area contributed by atoms with Crippen LogP contribution in [-0.2, 0) is 9.59 Å². The minimum Gasteiger partial charge on any atom is -0.480 e. The summed E-state index contributed by atoms with van der Waals surface area (Å²) in [5.41, 5.74) is 0.555. The van der Waals surface area contributed by atoms with E-state index in [0.29, 0.717) is 31.7 Å². The van der Waals surface area contributed by atoms with Gasteiger partial charge in [0.2, 0.25) is 5.91 Å². The standard InChI is InChI=1S/C15H17N3O5/c19-14(17-8-6-16(7-9-17)11-15(20)21)5-4-12-2-1-3-13(10-12)18(22)23/h1-5,10H,6-9,11H2,(H,20,21)/b5-4+. The van der Waals surface area contributed by atoms with Gasteiger partial charge in [-0.1, -0.05) is 12.1 Å². The molecule has 8 heteroatoms. The van der Waals surface area contributed by atoms with E-state index in [9.17, 15) is 19.7 Å². The highest BCUT2D eigenvalue weighted by Crippen LogP contribution is 2.14. The van der Waals surface area contributed by atoms with Crippen LogP contribution in [0.1, 0.15) is 5.56 Å². The van der Waals surface area contributed by atoms with Crippen molar-refractivity contribution in [2.75, 3.05) is 32.7 Å². The molecule has 1 aromatic rings. The predicted molar refractivity (Wildman–Crippen MR) is 82.8 cm³/mol. The lowest BCUT2D eigenvalue weighted by Crippen LogP contribution is -2.49. The lowest BCUT2D eigenvalue weighted by atomic mass is 10.2. The van der Waals surface area contributed by atoms with Crippen molar-refractivity contribution in [3.63, 3.8) is 0 Å². The fraction of sp³-hybridized carbons (Fsp3) is 0.333. The molecule has 1 aromatic carbocycles. The van der Waals surface area contributed by atoms with Gasteiger partial charge in [-0.05, 0) is 11.6 Å². The van der Waals surface area contributed by atoms with Crippen LogP contribution in [0.5, 0.6) is 0 Å². The van der Waals surface area contributed by atoms with Crippen LogP contribution in [0, 0.1) is 10.1 Å². The summed E-state index contributed by atoms with van der Waals surface area (Å²) >= 11 is 0. The van der Waals surface area contributed by atoms with Crippen LogP contribution < -0.4 is 0 Å². The normalized spacial score (nSPS) is 15.7. The second kappa shape index (κ2) is 7.50. The second-order valence-electron chi connectivity index (χ2n) is 5.18. The third-order valence-corrected chi connectivity index (χ3v) is 3.54. The maximum absolute atomic E-state index is 12.1. The van der Waals surface area contributed by atoms with Gasteiger partial charge in [0.25, 0.3) is 5.69 Å². The van der Waals surface area contributed by atoms with Crippen molar-refractivity contribution in [1.29, 1.82) is 0 Å². The van der Waals surface area contributed by atoms with Gasteiger partial charge < -0.3 is 10.0 Å². The number of nitro groups is 1. The SMILES string of the molecule is O=C(O)CN1CCN(C(=O)/C=C/c2cccc([N+](=O)[O-])c2)CC1. The Morgan fingerprint density at radius 3 is 2.57 bits per heavy atom. The summed E-state index contributed by atoms with van der Waals surface area (Å²) in [7, 11) is 0. The highest BCUT2D eigenvalue weighted by atomic mass is 16.6. The van der Waals surface area contributed by atoms with Crippen LogP contribution in [-0.4, -0.2) is 64.4 Å². The van der Waals surface area contributed by atoms with Gasteiger partial charge in [-0.3, -0.25) is 24.6 Å². The van der Waals surface area contributed by atoms with Crippen LogP contribution in [0.15, 0.2) is 30.3 Å². The molecule has 8 nitrogen and oxygen atoms in total. The van der Waals surface area contributed by atoms with Crippen molar-refractivity contribution in [1.82, 2.24) is 9.80 Å². The molecule has 122 valence electrons. The largest absolute Gasteiger partial charge is 0.480 e. The first kappa shape index (κ1) is 16.6. The Morgan fingerprint density at radius 1 is 1.26 bits per heavy atom. The molecule has 1 saturated heterocycles. The van der Waals surface area contributed by atoms with Crippen molar-refractivity contribution < 1.29 is 19.6 Å². The van der Waals surface area contributed by atoms with Crippen LogP contribution in [0.2, 0.25) is 0 Å². The number of carbonyl (C=O) groups is 2. The van der Waals surface area contributed by atoms with Gasteiger partial charge in [-0.15, -0.1) is 0 Å². The van der Waals surface area contributed by atoms with Gasteiger partial charge >= 0.3 is 5.97 Å². The number of benzene rings is 1. The summed E-state index contributed by atoms with van der Waals surface area (Å²) in [6.07, 6.45) is 2.92. The van der Waals surface area contributed by atoms with Crippen molar-refractivity contribution in [3.05, 3.63) is 46.0 Å². The number of amides is 1. The number of non-ortho nitro benzene ring substituents is 1. The number of nitro benzene ring substituents is 1. The third kappa shape index (κ3) is 4.89. The molecular weight excluding hydrogens is 302 g/mol. The Bertz CT molecular complexity index is 636. The van der Waals surface area contributed by atoms with Gasteiger partial charge in [0.05, 0.1) is 11.5 Å². The number of carboxylic acids is 1. The fourth-order valence-electron chi connectivity index (χ4n) is 2.33. The van der Waals surface area contributed by atoms with Crippen LogP contribution >= 0.6 is 0 Å². The Labute approximate surface area is 132 Å². The molecule has 0 spiro atoms. The van der Waals surface area contributed by atoms with E-state index in [1.165, 1.54) is 18.2 Å². The van der Waals surface area contributed by atoms with Crippen molar-refractivity contribution >= 4 is 23.6 Å². The van der Waals surface area contributed by atoms with E-state index in [0.717, 1.165) is 0 Å². The van der Waals surface area contributed by atoms with Gasteiger partial charge in [0, 0.05) is 44.4 Å². The number of nitrogens with zero attached hydrogens (tertiary/aromatic N) is 3. The fourth-order valence-corrected chi connectivity index (χ4v) is 2.33. The molecule has 0 unspecified atom stereocenters. The van der Waals surface area contributed by atoms with Crippen molar-refractivity contribution in [3.8, 4) is 0 Å². The van der Waals surface area contributed by atoms with Gasteiger partial charge in [-0.2, -0.15) is 0 Å². The zero-order valence-corrected chi connectivity index (χ0v) is 12.4.